The predicted octanol–water partition coefficient (Wildman–Crippen LogP) is 0.686. The number of hydrogen-bond acceptors (Lipinski definition) is 3. The first-order valence-corrected chi connectivity index (χ1v) is 5.13. The third kappa shape index (κ3) is 2.11. The molecule has 0 spiro atoms. The van der Waals surface area contributed by atoms with Crippen LogP contribution in [0.25, 0.3) is 0 Å². The number of aryl methyl sites for hydroxylation is 2. The van der Waals surface area contributed by atoms with Gasteiger partial charge in [-0.15, -0.1) is 0 Å². The lowest BCUT2D eigenvalue weighted by atomic mass is 10.3. The van der Waals surface area contributed by atoms with Crippen molar-refractivity contribution in [3.05, 3.63) is 28.4 Å². The van der Waals surface area contributed by atoms with E-state index in [1.807, 2.05) is 6.26 Å². The van der Waals surface area contributed by atoms with Gasteiger partial charge in [-0.25, -0.2) is 4.98 Å². The highest BCUT2D eigenvalue weighted by atomic mass is 32.2. The van der Waals surface area contributed by atoms with Gasteiger partial charge in [-0.1, -0.05) is 0 Å². The van der Waals surface area contributed by atoms with Gasteiger partial charge in [0.2, 0.25) is 0 Å². The van der Waals surface area contributed by atoms with Crippen LogP contribution in [-0.2, 0) is 13.5 Å². The highest BCUT2D eigenvalue weighted by Gasteiger charge is 1.99. The normalized spacial score (nSPS) is 10.2. The molecule has 0 aliphatic carbocycles. The molecule has 1 aromatic heterocycles. The Morgan fingerprint density at radius 1 is 1.67 bits per heavy atom. The maximum absolute atomic E-state index is 11.4. The third-order valence-electron chi connectivity index (χ3n) is 1.64. The smallest absolute Gasteiger partial charge is 0.256 e. The van der Waals surface area contributed by atoms with E-state index >= 15 is 0 Å². The molecule has 12 heavy (non-hydrogen) atoms. The van der Waals surface area contributed by atoms with Crippen LogP contribution in [0.3, 0.4) is 0 Å². The second-order valence-corrected chi connectivity index (χ2v) is 3.56. The molecule has 1 aromatic rings. The van der Waals surface area contributed by atoms with Crippen molar-refractivity contribution in [2.24, 2.45) is 7.05 Å². The Kier molecular flexibility index (Phi) is 3.34. The molecule has 0 aliphatic heterocycles. The molecule has 0 aliphatic rings. The Labute approximate surface area is 75.8 Å². The molecular weight excluding hydrogens is 172 g/mol. The summed E-state index contributed by atoms with van der Waals surface area (Å²) in [7, 11) is 1.72. The first kappa shape index (κ1) is 9.32. The van der Waals surface area contributed by atoms with Gasteiger partial charge >= 0.3 is 0 Å². The SMILES string of the molecule is CSCCc1cncn(C)c1=O. The summed E-state index contributed by atoms with van der Waals surface area (Å²) in [5.74, 6) is 0.973. The van der Waals surface area contributed by atoms with E-state index in [0.29, 0.717) is 0 Å². The third-order valence-corrected chi connectivity index (χ3v) is 2.25. The van der Waals surface area contributed by atoms with E-state index in [4.69, 9.17) is 0 Å². The quantitative estimate of drug-likeness (QED) is 0.693. The van der Waals surface area contributed by atoms with Crippen LogP contribution in [0.5, 0.6) is 0 Å². The van der Waals surface area contributed by atoms with Gasteiger partial charge in [0.25, 0.3) is 5.56 Å². The van der Waals surface area contributed by atoms with Crippen molar-refractivity contribution >= 4 is 11.8 Å². The molecular formula is C8H12N2OS. The summed E-state index contributed by atoms with van der Waals surface area (Å²) >= 11 is 1.74. The molecule has 0 atom stereocenters. The van der Waals surface area contributed by atoms with Crippen molar-refractivity contribution in [2.45, 2.75) is 6.42 Å². The van der Waals surface area contributed by atoms with Crippen molar-refractivity contribution in [3.63, 3.8) is 0 Å². The summed E-state index contributed by atoms with van der Waals surface area (Å²) in [6, 6.07) is 0. The lowest BCUT2D eigenvalue weighted by molar-refractivity contribution is 0.800. The van der Waals surface area contributed by atoms with E-state index < -0.39 is 0 Å². The Hall–Kier alpha value is -0.770. The Balaban J connectivity index is 2.85. The van der Waals surface area contributed by atoms with E-state index in [9.17, 15) is 4.79 Å². The summed E-state index contributed by atoms with van der Waals surface area (Å²) in [6.45, 7) is 0. The minimum Gasteiger partial charge on any atom is -0.302 e. The maximum Gasteiger partial charge on any atom is 0.256 e. The monoisotopic (exact) mass is 184 g/mol. The van der Waals surface area contributed by atoms with Gasteiger partial charge in [0.05, 0.1) is 6.33 Å². The first-order chi connectivity index (χ1) is 5.75. The van der Waals surface area contributed by atoms with Gasteiger partial charge in [0.1, 0.15) is 0 Å². The molecule has 0 saturated carbocycles. The standard InChI is InChI=1S/C8H12N2OS/c1-10-6-9-5-7(8(10)11)3-4-12-2/h5-6H,3-4H2,1-2H3. The van der Waals surface area contributed by atoms with Crippen molar-refractivity contribution < 1.29 is 0 Å². The second kappa shape index (κ2) is 4.30. The summed E-state index contributed by atoms with van der Waals surface area (Å²) in [5.41, 5.74) is 0.869. The lowest BCUT2D eigenvalue weighted by Gasteiger charge is -2.00. The van der Waals surface area contributed by atoms with Crippen molar-refractivity contribution in [2.75, 3.05) is 12.0 Å². The highest BCUT2D eigenvalue weighted by Crippen LogP contribution is 1.97. The minimum absolute atomic E-state index is 0.0686. The topological polar surface area (TPSA) is 34.9 Å². The van der Waals surface area contributed by atoms with E-state index in [-0.39, 0.29) is 5.56 Å². The fourth-order valence-corrected chi connectivity index (χ4v) is 1.37. The zero-order chi connectivity index (χ0) is 8.97. The molecule has 0 N–H and O–H groups in total. The van der Waals surface area contributed by atoms with E-state index in [2.05, 4.69) is 4.98 Å². The summed E-state index contributed by atoms with van der Waals surface area (Å²) in [4.78, 5) is 15.3. The summed E-state index contributed by atoms with van der Waals surface area (Å²) < 4.78 is 1.51. The van der Waals surface area contributed by atoms with Crippen LogP contribution in [0.1, 0.15) is 5.56 Å². The molecule has 0 radical (unpaired) electrons. The summed E-state index contributed by atoms with van der Waals surface area (Å²) in [6.07, 6.45) is 6.02. The number of hydrogen-bond donors (Lipinski definition) is 0. The Bertz CT molecular complexity index is 308. The number of aromatic nitrogens is 2. The van der Waals surface area contributed by atoms with Gasteiger partial charge in [-0.05, 0) is 18.4 Å². The molecule has 0 amide bonds. The summed E-state index contributed by atoms with van der Waals surface area (Å²) in [5, 5.41) is 0. The number of thioether (sulfide) groups is 1. The van der Waals surface area contributed by atoms with Gasteiger partial charge in [-0.3, -0.25) is 4.79 Å². The van der Waals surface area contributed by atoms with Crippen LogP contribution in [0.4, 0.5) is 0 Å². The van der Waals surface area contributed by atoms with E-state index in [1.54, 1.807) is 25.0 Å². The van der Waals surface area contributed by atoms with Crippen LogP contribution in [0.15, 0.2) is 17.3 Å². The molecule has 0 bridgehead atoms. The molecule has 1 heterocycles. The molecule has 0 fully saturated rings. The van der Waals surface area contributed by atoms with Gasteiger partial charge < -0.3 is 4.57 Å². The average Bonchev–Trinajstić information content (AvgIpc) is 2.08. The Morgan fingerprint density at radius 2 is 2.42 bits per heavy atom. The largest absolute Gasteiger partial charge is 0.302 e. The predicted molar refractivity (Wildman–Crippen MR) is 51.6 cm³/mol. The average molecular weight is 184 g/mol. The van der Waals surface area contributed by atoms with Crippen LogP contribution < -0.4 is 5.56 Å². The first-order valence-electron chi connectivity index (χ1n) is 3.74. The fourth-order valence-electron chi connectivity index (χ4n) is 0.941. The molecule has 66 valence electrons. The zero-order valence-electron chi connectivity index (χ0n) is 7.28. The number of nitrogens with zero attached hydrogens (tertiary/aromatic N) is 2. The minimum atomic E-state index is 0.0686. The highest BCUT2D eigenvalue weighted by molar-refractivity contribution is 7.98. The van der Waals surface area contributed by atoms with Gasteiger partial charge in [-0.2, -0.15) is 11.8 Å². The van der Waals surface area contributed by atoms with Crippen LogP contribution >= 0.6 is 11.8 Å². The van der Waals surface area contributed by atoms with Crippen LogP contribution in [0, 0.1) is 0 Å². The zero-order valence-corrected chi connectivity index (χ0v) is 8.10. The molecule has 4 heteroatoms. The molecule has 0 saturated heterocycles. The second-order valence-electron chi connectivity index (χ2n) is 2.58. The van der Waals surface area contributed by atoms with Gasteiger partial charge in [0.15, 0.2) is 0 Å². The van der Waals surface area contributed by atoms with Crippen molar-refractivity contribution in [1.82, 2.24) is 9.55 Å². The van der Waals surface area contributed by atoms with E-state index in [1.165, 1.54) is 10.9 Å². The maximum atomic E-state index is 11.4. The van der Waals surface area contributed by atoms with Crippen LogP contribution in [0.2, 0.25) is 0 Å². The van der Waals surface area contributed by atoms with Crippen molar-refractivity contribution in [3.8, 4) is 0 Å². The molecule has 0 aromatic carbocycles. The Morgan fingerprint density at radius 3 is 3.08 bits per heavy atom. The van der Waals surface area contributed by atoms with Crippen LogP contribution in [-0.4, -0.2) is 21.6 Å². The van der Waals surface area contributed by atoms with E-state index in [0.717, 1.165) is 17.7 Å². The van der Waals surface area contributed by atoms with Gasteiger partial charge in [0, 0.05) is 18.8 Å². The molecule has 1 rings (SSSR count). The lowest BCUT2D eigenvalue weighted by Crippen LogP contribution is -2.21. The molecule has 0 unspecified atom stereocenters. The molecule has 3 nitrogen and oxygen atoms in total. The number of rotatable bonds is 3. The fraction of sp³-hybridized carbons (Fsp3) is 0.500. The van der Waals surface area contributed by atoms with Crippen molar-refractivity contribution in [1.29, 1.82) is 0 Å².